The summed E-state index contributed by atoms with van der Waals surface area (Å²) in [6.07, 6.45) is 7.11. The van der Waals surface area contributed by atoms with Crippen molar-refractivity contribution in [2.45, 2.75) is 44.6 Å². The van der Waals surface area contributed by atoms with E-state index in [1.807, 2.05) is 13.1 Å². The molecule has 1 amide bonds. The average molecular weight is 272 g/mol. The van der Waals surface area contributed by atoms with E-state index in [1.165, 1.54) is 30.4 Å². The van der Waals surface area contributed by atoms with Gasteiger partial charge in [0.15, 0.2) is 0 Å². The third kappa shape index (κ3) is 2.59. The van der Waals surface area contributed by atoms with Crippen LogP contribution in [0.4, 0.5) is 0 Å². The van der Waals surface area contributed by atoms with Crippen LogP contribution in [-0.2, 0) is 12.8 Å². The number of aryl methyl sites for hydroxylation is 2. The summed E-state index contributed by atoms with van der Waals surface area (Å²) in [5.74, 6) is 0.219. The third-order valence-electron chi connectivity index (χ3n) is 4.67. The molecule has 0 saturated carbocycles. The van der Waals surface area contributed by atoms with Gasteiger partial charge in [-0.2, -0.15) is 0 Å². The Bertz CT molecular complexity index is 498. The fraction of sp³-hybridized carbons (Fsp3) is 0.588. The number of likely N-dealkylation sites (N-methyl/N-ethyl adjacent to an activating group) is 1. The predicted molar refractivity (Wildman–Crippen MR) is 81.1 cm³/mol. The fourth-order valence-electron chi connectivity index (χ4n) is 3.58. The van der Waals surface area contributed by atoms with Gasteiger partial charge in [-0.3, -0.25) is 4.79 Å². The second-order valence-corrected chi connectivity index (χ2v) is 6.04. The lowest BCUT2D eigenvalue weighted by atomic mass is 9.90. The molecular formula is C17H24N2O. The van der Waals surface area contributed by atoms with E-state index in [1.54, 1.807) is 0 Å². The predicted octanol–water partition coefficient (Wildman–Crippen LogP) is 2.39. The molecule has 1 aliphatic heterocycles. The molecule has 3 rings (SSSR count). The van der Waals surface area contributed by atoms with Gasteiger partial charge >= 0.3 is 0 Å². The molecule has 1 fully saturated rings. The maximum absolute atomic E-state index is 12.7. The normalized spacial score (nSPS) is 21.9. The smallest absolute Gasteiger partial charge is 0.254 e. The molecule has 1 heterocycles. The molecule has 2 aliphatic rings. The van der Waals surface area contributed by atoms with Crippen molar-refractivity contribution in [2.24, 2.45) is 0 Å². The fourth-order valence-corrected chi connectivity index (χ4v) is 3.58. The van der Waals surface area contributed by atoms with Crippen molar-refractivity contribution in [3.05, 3.63) is 34.9 Å². The first-order chi connectivity index (χ1) is 9.79. The van der Waals surface area contributed by atoms with E-state index in [0.29, 0.717) is 6.04 Å². The topological polar surface area (TPSA) is 32.3 Å². The summed E-state index contributed by atoms with van der Waals surface area (Å²) in [5.41, 5.74) is 3.72. The van der Waals surface area contributed by atoms with Crippen LogP contribution in [0.25, 0.3) is 0 Å². The van der Waals surface area contributed by atoms with E-state index in [9.17, 15) is 4.79 Å². The first-order valence-electron chi connectivity index (χ1n) is 7.87. The van der Waals surface area contributed by atoms with Crippen LogP contribution in [-0.4, -0.2) is 37.0 Å². The molecule has 0 aromatic heterocycles. The van der Waals surface area contributed by atoms with Crippen molar-refractivity contribution in [2.75, 3.05) is 20.1 Å². The lowest BCUT2D eigenvalue weighted by Crippen LogP contribution is -2.40. The second-order valence-electron chi connectivity index (χ2n) is 6.04. The molecule has 0 spiro atoms. The van der Waals surface area contributed by atoms with Crippen LogP contribution in [0.2, 0.25) is 0 Å². The zero-order valence-corrected chi connectivity index (χ0v) is 12.3. The van der Waals surface area contributed by atoms with Gasteiger partial charge in [-0.25, -0.2) is 0 Å². The number of carbonyl (C=O) groups is 1. The van der Waals surface area contributed by atoms with Crippen LogP contribution in [0.15, 0.2) is 18.2 Å². The average Bonchev–Trinajstić information content (AvgIpc) is 2.94. The first kappa shape index (κ1) is 13.6. The number of nitrogens with one attached hydrogen (secondary N) is 1. The van der Waals surface area contributed by atoms with Crippen LogP contribution in [0.3, 0.4) is 0 Å². The molecule has 0 bridgehead atoms. The molecule has 1 saturated heterocycles. The monoisotopic (exact) mass is 272 g/mol. The summed E-state index contributed by atoms with van der Waals surface area (Å²) in [7, 11) is 1.96. The summed E-state index contributed by atoms with van der Waals surface area (Å²) < 4.78 is 0. The van der Waals surface area contributed by atoms with Crippen molar-refractivity contribution < 1.29 is 4.79 Å². The lowest BCUT2D eigenvalue weighted by molar-refractivity contribution is 0.0737. The van der Waals surface area contributed by atoms with Gasteiger partial charge in [-0.05, 0) is 68.8 Å². The van der Waals surface area contributed by atoms with Crippen LogP contribution < -0.4 is 5.32 Å². The summed E-state index contributed by atoms with van der Waals surface area (Å²) in [4.78, 5) is 14.8. The molecule has 1 atom stereocenters. The van der Waals surface area contributed by atoms with E-state index in [4.69, 9.17) is 0 Å². The molecule has 1 unspecified atom stereocenters. The SMILES string of the molecule is CNCC1CCCN1C(=O)c1ccc2c(c1)CCCC2. The zero-order valence-electron chi connectivity index (χ0n) is 12.3. The molecule has 1 N–H and O–H groups in total. The number of nitrogens with zero attached hydrogens (tertiary/aromatic N) is 1. The van der Waals surface area contributed by atoms with Crippen LogP contribution in [0, 0.1) is 0 Å². The van der Waals surface area contributed by atoms with Crippen LogP contribution >= 0.6 is 0 Å². The Kier molecular flexibility index (Phi) is 4.06. The Labute approximate surface area is 121 Å². The van der Waals surface area contributed by atoms with Crippen molar-refractivity contribution >= 4 is 5.91 Å². The molecule has 1 aromatic carbocycles. The molecule has 1 aromatic rings. The van der Waals surface area contributed by atoms with Crippen molar-refractivity contribution in [3.8, 4) is 0 Å². The van der Waals surface area contributed by atoms with Crippen LogP contribution in [0.5, 0.6) is 0 Å². The Hall–Kier alpha value is -1.35. The number of rotatable bonds is 3. The largest absolute Gasteiger partial charge is 0.334 e. The Morgan fingerprint density at radius 3 is 2.85 bits per heavy atom. The molecule has 3 heteroatoms. The van der Waals surface area contributed by atoms with Crippen molar-refractivity contribution in [1.29, 1.82) is 0 Å². The number of fused-ring (bicyclic) bond motifs is 1. The summed E-state index contributed by atoms with van der Waals surface area (Å²) in [6, 6.07) is 6.71. The highest BCUT2D eigenvalue weighted by Crippen LogP contribution is 2.25. The number of benzene rings is 1. The molecule has 1 aliphatic carbocycles. The zero-order chi connectivity index (χ0) is 13.9. The Morgan fingerprint density at radius 1 is 1.25 bits per heavy atom. The van der Waals surface area contributed by atoms with E-state index >= 15 is 0 Å². The Morgan fingerprint density at radius 2 is 2.05 bits per heavy atom. The minimum atomic E-state index is 0.219. The summed E-state index contributed by atoms with van der Waals surface area (Å²) >= 11 is 0. The maximum Gasteiger partial charge on any atom is 0.254 e. The number of carbonyl (C=O) groups excluding carboxylic acids is 1. The molecule has 3 nitrogen and oxygen atoms in total. The highest BCUT2D eigenvalue weighted by molar-refractivity contribution is 5.95. The summed E-state index contributed by atoms with van der Waals surface area (Å²) in [5, 5.41) is 3.20. The second kappa shape index (κ2) is 5.96. The van der Waals surface area contributed by atoms with E-state index in [-0.39, 0.29) is 5.91 Å². The van der Waals surface area contributed by atoms with Gasteiger partial charge in [-0.1, -0.05) is 6.07 Å². The molecule has 0 radical (unpaired) electrons. The minimum Gasteiger partial charge on any atom is -0.334 e. The number of hydrogen-bond donors (Lipinski definition) is 1. The quantitative estimate of drug-likeness (QED) is 0.916. The third-order valence-corrected chi connectivity index (χ3v) is 4.67. The number of amides is 1. The van der Waals surface area contributed by atoms with E-state index < -0.39 is 0 Å². The van der Waals surface area contributed by atoms with Crippen LogP contribution in [0.1, 0.15) is 47.2 Å². The van der Waals surface area contributed by atoms with Crippen molar-refractivity contribution in [1.82, 2.24) is 10.2 Å². The summed E-state index contributed by atoms with van der Waals surface area (Å²) in [6.45, 7) is 1.80. The van der Waals surface area contributed by atoms with Gasteiger partial charge in [-0.15, -0.1) is 0 Å². The van der Waals surface area contributed by atoms with Gasteiger partial charge < -0.3 is 10.2 Å². The Balaban J connectivity index is 1.79. The van der Waals surface area contributed by atoms with Crippen molar-refractivity contribution in [3.63, 3.8) is 0 Å². The van der Waals surface area contributed by atoms with Gasteiger partial charge in [0.1, 0.15) is 0 Å². The van der Waals surface area contributed by atoms with Gasteiger partial charge in [0.2, 0.25) is 0 Å². The standard InChI is InChI=1S/C17H24N2O/c1-18-12-16-7-4-10-19(16)17(20)15-9-8-13-5-2-3-6-14(13)11-15/h8-9,11,16,18H,2-7,10,12H2,1H3. The number of likely N-dealkylation sites (tertiary alicyclic amines) is 1. The molecule has 20 heavy (non-hydrogen) atoms. The maximum atomic E-state index is 12.7. The lowest BCUT2D eigenvalue weighted by Gasteiger charge is -2.25. The number of hydrogen-bond acceptors (Lipinski definition) is 2. The van der Waals surface area contributed by atoms with E-state index in [0.717, 1.165) is 37.9 Å². The highest BCUT2D eigenvalue weighted by atomic mass is 16.2. The van der Waals surface area contributed by atoms with Gasteiger partial charge in [0, 0.05) is 24.7 Å². The highest BCUT2D eigenvalue weighted by Gasteiger charge is 2.29. The minimum absolute atomic E-state index is 0.219. The molecule has 108 valence electrons. The van der Waals surface area contributed by atoms with Gasteiger partial charge in [0.25, 0.3) is 5.91 Å². The van der Waals surface area contributed by atoms with Gasteiger partial charge in [0.05, 0.1) is 0 Å². The van der Waals surface area contributed by atoms with E-state index in [2.05, 4.69) is 22.3 Å². The molecular weight excluding hydrogens is 248 g/mol. The first-order valence-corrected chi connectivity index (χ1v) is 7.87.